The molecule has 0 unspecified atom stereocenters. The van der Waals surface area contributed by atoms with Gasteiger partial charge in [0.05, 0.1) is 35.7 Å². The van der Waals surface area contributed by atoms with Crippen LogP contribution in [0.3, 0.4) is 0 Å². The molecule has 1 amide bonds. The lowest BCUT2D eigenvalue weighted by Gasteiger charge is -2.14. The summed E-state index contributed by atoms with van der Waals surface area (Å²) in [5.74, 6) is 0.369. The van der Waals surface area contributed by atoms with Crippen LogP contribution >= 0.6 is 11.8 Å². The molecule has 0 aliphatic carbocycles. The zero-order valence-electron chi connectivity index (χ0n) is 20.3. The van der Waals surface area contributed by atoms with Gasteiger partial charge in [0.1, 0.15) is 5.75 Å². The first-order valence-corrected chi connectivity index (χ1v) is 12.6. The number of aryl methyl sites for hydroxylation is 1. The van der Waals surface area contributed by atoms with Crippen molar-refractivity contribution < 1.29 is 9.53 Å². The van der Waals surface area contributed by atoms with Crippen LogP contribution in [0.5, 0.6) is 5.75 Å². The molecule has 1 N–H and O–H groups in total. The van der Waals surface area contributed by atoms with E-state index >= 15 is 0 Å². The van der Waals surface area contributed by atoms with Gasteiger partial charge in [-0.05, 0) is 47.5 Å². The smallest absolute Gasteiger partial charge is 0.266 e. The van der Waals surface area contributed by atoms with E-state index in [4.69, 9.17) is 9.72 Å². The molecular formula is C29H24N4O3S. The Kier molecular flexibility index (Phi) is 7.00. The Morgan fingerprint density at radius 1 is 1.00 bits per heavy atom. The summed E-state index contributed by atoms with van der Waals surface area (Å²) in [6.07, 6.45) is 1.58. The largest absolute Gasteiger partial charge is 0.496 e. The summed E-state index contributed by atoms with van der Waals surface area (Å²) < 4.78 is 7.05. The predicted octanol–water partition coefficient (Wildman–Crippen LogP) is 5.10. The number of hydrogen-bond donors (Lipinski definition) is 1. The summed E-state index contributed by atoms with van der Waals surface area (Å²) in [6, 6.07) is 26.6. The number of hydrazone groups is 1. The van der Waals surface area contributed by atoms with Crippen LogP contribution in [0.25, 0.3) is 27.4 Å². The van der Waals surface area contributed by atoms with E-state index in [9.17, 15) is 9.59 Å². The molecule has 4 aromatic carbocycles. The van der Waals surface area contributed by atoms with E-state index < -0.39 is 0 Å². The Balaban J connectivity index is 1.39. The van der Waals surface area contributed by atoms with Gasteiger partial charge in [0.2, 0.25) is 0 Å². The molecule has 37 heavy (non-hydrogen) atoms. The van der Waals surface area contributed by atoms with Crippen molar-refractivity contribution >= 4 is 45.6 Å². The van der Waals surface area contributed by atoms with Crippen molar-refractivity contribution in [1.82, 2.24) is 15.0 Å². The Morgan fingerprint density at radius 3 is 2.54 bits per heavy atom. The van der Waals surface area contributed by atoms with Crippen LogP contribution in [-0.2, 0) is 4.79 Å². The third-order valence-electron chi connectivity index (χ3n) is 5.97. The van der Waals surface area contributed by atoms with Gasteiger partial charge in [-0.15, -0.1) is 0 Å². The summed E-state index contributed by atoms with van der Waals surface area (Å²) in [6.45, 7) is 1.94. The van der Waals surface area contributed by atoms with E-state index in [-0.39, 0.29) is 17.2 Å². The molecule has 1 heterocycles. The normalized spacial score (nSPS) is 11.3. The summed E-state index contributed by atoms with van der Waals surface area (Å²) >= 11 is 1.19. The maximum Gasteiger partial charge on any atom is 0.266 e. The molecule has 0 bridgehead atoms. The molecule has 0 saturated carbocycles. The molecule has 5 aromatic rings. The molecule has 1 aromatic heterocycles. The van der Waals surface area contributed by atoms with E-state index in [1.807, 2.05) is 79.7 Å². The summed E-state index contributed by atoms with van der Waals surface area (Å²) in [5.41, 5.74) is 5.43. The van der Waals surface area contributed by atoms with Crippen LogP contribution in [0.15, 0.2) is 100.0 Å². The van der Waals surface area contributed by atoms with Crippen molar-refractivity contribution in [3.05, 3.63) is 106 Å². The minimum atomic E-state index is -0.320. The van der Waals surface area contributed by atoms with Gasteiger partial charge in [-0.25, -0.2) is 10.4 Å². The van der Waals surface area contributed by atoms with Crippen LogP contribution in [0.1, 0.15) is 11.1 Å². The fourth-order valence-corrected chi connectivity index (χ4v) is 4.95. The topological polar surface area (TPSA) is 85.6 Å². The van der Waals surface area contributed by atoms with E-state index in [1.165, 1.54) is 11.8 Å². The lowest BCUT2D eigenvalue weighted by atomic mass is 10.0. The van der Waals surface area contributed by atoms with E-state index in [2.05, 4.69) is 10.5 Å². The fraction of sp³-hybridized carbons (Fsp3) is 0.103. The number of thioether (sulfide) groups is 1. The lowest BCUT2D eigenvalue weighted by molar-refractivity contribution is -0.118. The van der Waals surface area contributed by atoms with Gasteiger partial charge >= 0.3 is 0 Å². The molecule has 0 radical (unpaired) electrons. The lowest BCUT2D eigenvalue weighted by Crippen LogP contribution is -2.24. The van der Waals surface area contributed by atoms with Crippen molar-refractivity contribution in [2.45, 2.75) is 12.1 Å². The Bertz CT molecular complexity index is 1710. The second-order valence-electron chi connectivity index (χ2n) is 8.32. The molecule has 0 fully saturated rings. The highest BCUT2D eigenvalue weighted by Crippen LogP contribution is 2.26. The van der Waals surface area contributed by atoms with Gasteiger partial charge in [0, 0.05) is 5.56 Å². The Labute approximate surface area is 217 Å². The van der Waals surface area contributed by atoms with E-state index in [0.29, 0.717) is 21.8 Å². The third-order valence-corrected chi connectivity index (χ3v) is 6.91. The van der Waals surface area contributed by atoms with Gasteiger partial charge < -0.3 is 4.74 Å². The first-order valence-electron chi connectivity index (χ1n) is 11.6. The zero-order valence-corrected chi connectivity index (χ0v) is 21.2. The SMILES string of the molecule is COc1ccc2ccccc2c1C=NNC(=O)CSc1nc2ccccc2c(=O)n1-c1ccccc1C. The molecule has 0 aliphatic heterocycles. The number of nitrogens with one attached hydrogen (secondary N) is 1. The van der Waals surface area contributed by atoms with Crippen molar-refractivity contribution in [2.75, 3.05) is 12.9 Å². The van der Waals surface area contributed by atoms with Crippen LogP contribution in [0.2, 0.25) is 0 Å². The number of nitrogens with zero attached hydrogens (tertiary/aromatic N) is 3. The molecule has 0 spiro atoms. The number of rotatable bonds is 7. The quantitative estimate of drug-likeness (QED) is 0.143. The van der Waals surface area contributed by atoms with Crippen LogP contribution in [-0.4, -0.2) is 34.5 Å². The Morgan fingerprint density at radius 2 is 1.73 bits per heavy atom. The monoisotopic (exact) mass is 508 g/mol. The number of fused-ring (bicyclic) bond motifs is 2. The van der Waals surface area contributed by atoms with Gasteiger partial charge in [-0.1, -0.05) is 72.4 Å². The number of hydrogen-bond acceptors (Lipinski definition) is 6. The number of benzene rings is 4. The predicted molar refractivity (Wildman–Crippen MR) is 149 cm³/mol. The minimum absolute atomic E-state index is 0.0284. The van der Waals surface area contributed by atoms with Gasteiger partial charge in [-0.2, -0.15) is 5.10 Å². The summed E-state index contributed by atoms with van der Waals surface area (Å²) in [5, 5.41) is 7.14. The highest BCUT2D eigenvalue weighted by Gasteiger charge is 2.16. The maximum atomic E-state index is 13.4. The van der Waals surface area contributed by atoms with E-state index in [1.54, 1.807) is 30.0 Å². The highest BCUT2D eigenvalue weighted by molar-refractivity contribution is 7.99. The maximum absolute atomic E-state index is 13.4. The third kappa shape index (κ3) is 4.96. The minimum Gasteiger partial charge on any atom is -0.496 e. The summed E-state index contributed by atoms with van der Waals surface area (Å²) in [7, 11) is 1.60. The highest BCUT2D eigenvalue weighted by atomic mass is 32.2. The average Bonchev–Trinajstić information content (AvgIpc) is 2.92. The standard InChI is InChI=1S/C29H24N4O3S/c1-19-9-3-8-14-25(19)33-28(35)22-12-6-7-13-24(22)31-29(33)37-18-27(34)32-30-17-23-21-11-5-4-10-20(21)15-16-26(23)36-2/h3-17H,18H2,1-2H3,(H,32,34). The van der Waals surface area contributed by atoms with Crippen LogP contribution in [0, 0.1) is 6.92 Å². The fourth-order valence-electron chi connectivity index (χ4n) is 4.15. The number of ether oxygens (including phenoxy) is 1. The average molecular weight is 509 g/mol. The van der Waals surface area contributed by atoms with Crippen molar-refractivity contribution in [1.29, 1.82) is 0 Å². The number of amides is 1. The molecule has 5 rings (SSSR count). The second-order valence-corrected chi connectivity index (χ2v) is 9.27. The molecule has 0 saturated heterocycles. The number of para-hydroxylation sites is 2. The molecule has 7 nitrogen and oxygen atoms in total. The van der Waals surface area contributed by atoms with E-state index in [0.717, 1.165) is 27.6 Å². The first kappa shape index (κ1) is 24.3. The first-order chi connectivity index (χ1) is 18.1. The van der Waals surface area contributed by atoms with Gasteiger partial charge in [0.25, 0.3) is 11.5 Å². The summed E-state index contributed by atoms with van der Waals surface area (Å²) in [4.78, 5) is 30.8. The molecule has 184 valence electrons. The number of carbonyl (C=O) groups is 1. The number of aromatic nitrogens is 2. The zero-order chi connectivity index (χ0) is 25.8. The number of carbonyl (C=O) groups excluding carboxylic acids is 1. The molecule has 8 heteroatoms. The van der Waals surface area contributed by atoms with Crippen molar-refractivity contribution in [2.24, 2.45) is 5.10 Å². The Hall–Kier alpha value is -4.43. The van der Waals surface area contributed by atoms with Crippen LogP contribution in [0.4, 0.5) is 0 Å². The van der Waals surface area contributed by atoms with Crippen LogP contribution < -0.4 is 15.7 Å². The van der Waals surface area contributed by atoms with Crippen molar-refractivity contribution in [3.63, 3.8) is 0 Å². The number of methoxy groups -OCH3 is 1. The van der Waals surface area contributed by atoms with Gasteiger partial charge in [0.15, 0.2) is 5.16 Å². The van der Waals surface area contributed by atoms with Gasteiger partial charge in [-0.3, -0.25) is 14.2 Å². The molecule has 0 atom stereocenters. The second kappa shape index (κ2) is 10.7. The molecule has 0 aliphatic rings. The van der Waals surface area contributed by atoms with Crippen molar-refractivity contribution in [3.8, 4) is 11.4 Å². The molecular weight excluding hydrogens is 484 g/mol.